The van der Waals surface area contributed by atoms with E-state index in [0.29, 0.717) is 16.4 Å². The summed E-state index contributed by atoms with van der Waals surface area (Å²) < 4.78 is 0. The summed E-state index contributed by atoms with van der Waals surface area (Å²) in [6.07, 6.45) is 1.63. The number of hydrogen-bond acceptors (Lipinski definition) is 7. The van der Waals surface area contributed by atoms with Gasteiger partial charge in [0.25, 0.3) is 11.6 Å². The highest BCUT2D eigenvalue weighted by Crippen LogP contribution is 2.26. The second-order valence-corrected chi connectivity index (χ2v) is 8.18. The van der Waals surface area contributed by atoms with Gasteiger partial charge in [-0.15, -0.1) is 23.1 Å². The highest BCUT2D eigenvalue weighted by Gasteiger charge is 2.16. The van der Waals surface area contributed by atoms with Crippen LogP contribution in [0.2, 0.25) is 0 Å². The van der Waals surface area contributed by atoms with Gasteiger partial charge in [-0.1, -0.05) is 0 Å². The van der Waals surface area contributed by atoms with Crippen LogP contribution < -0.4 is 10.6 Å². The molecule has 0 aliphatic carbocycles. The summed E-state index contributed by atoms with van der Waals surface area (Å²) in [5.74, 6) is -0.503. The van der Waals surface area contributed by atoms with E-state index < -0.39 is 4.92 Å². The smallest absolute Gasteiger partial charge is 0.269 e. The van der Waals surface area contributed by atoms with E-state index in [2.05, 4.69) is 15.6 Å². The van der Waals surface area contributed by atoms with Crippen LogP contribution in [-0.4, -0.2) is 27.0 Å². The number of nitro groups is 1. The summed E-state index contributed by atoms with van der Waals surface area (Å²) in [7, 11) is 0. The van der Waals surface area contributed by atoms with Crippen molar-refractivity contribution in [2.75, 3.05) is 10.6 Å². The van der Waals surface area contributed by atoms with E-state index in [1.807, 2.05) is 12.1 Å². The number of non-ortho nitro benzene ring substituents is 1. The zero-order chi connectivity index (χ0) is 20.8. The maximum atomic E-state index is 12.3. The molecule has 2 N–H and O–H groups in total. The van der Waals surface area contributed by atoms with Gasteiger partial charge >= 0.3 is 0 Å². The van der Waals surface area contributed by atoms with Crippen LogP contribution in [0, 0.1) is 10.1 Å². The van der Waals surface area contributed by atoms with Crippen molar-refractivity contribution in [3.05, 3.63) is 75.8 Å². The highest BCUT2D eigenvalue weighted by atomic mass is 32.2. The SMILES string of the molecule is CC(Sc1ccc(NC(=O)c2ccc([N+](=O)[O-])cc2)cc1)C(=O)Nc1nccs1. The number of amides is 2. The Morgan fingerprint density at radius 1 is 1.10 bits per heavy atom. The minimum atomic E-state index is -0.518. The van der Waals surface area contributed by atoms with Crippen molar-refractivity contribution in [1.82, 2.24) is 4.98 Å². The van der Waals surface area contributed by atoms with Crippen molar-refractivity contribution < 1.29 is 14.5 Å². The van der Waals surface area contributed by atoms with Crippen LogP contribution in [0.5, 0.6) is 0 Å². The molecule has 0 spiro atoms. The Morgan fingerprint density at radius 2 is 1.79 bits per heavy atom. The molecule has 29 heavy (non-hydrogen) atoms. The Labute approximate surface area is 174 Å². The first-order chi connectivity index (χ1) is 13.9. The molecule has 2 aromatic carbocycles. The number of nitrogens with zero attached hydrogens (tertiary/aromatic N) is 2. The number of rotatable bonds is 7. The van der Waals surface area contributed by atoms with Crippen molar-refractivity contribution in [3.63, 3.8) is 0 Å². The van der Waals surface area contributed by atoms with Crippen molar-refractivity contribution in [3.8, 4) is 0 Å². The average Bonchev–Trinajstić information content (AvgIpc) is 3.22. The van der Waals surface area contributed by atoms with Crippen LogP contribution in [0.15, 0.2) is 65.0 Å². The topological polar surface area (TPSA) is 114 Å². The maximum Gasteiger partial charge on any atom is 0.269 e. The first-order valence-corrected chi connectivity index (χ1v) is 10.2. The molecule has 2 amide bonds. The molecule has 1 unspecified atom stereocenters. The van der Waals surface area contributed by atoms with Gasteiger partial charge in [-0.05, 0) is 43.3 Å². The molecule has 1 aromatic heterocycles. The second-order valence-electron chi connectivity index (χ2n) is 5.87. The van der Waals surface area contributed by atoms with Gasteiger partial charge in [0, 0.05) is 39.9 Å². The van der Waals surface area contributed by atoms with Gasteiger partial charge in [0.2, 0.25) is 5.91 Å². The quantitative estimate of drug-likeness (QED) is 0.327. The van der Waals surface area contributed by atoms with Crippen LogP contribution in [-0.2, 0) is 4.79 Å². The zero-order valence-electron chi connectivity index (χ0n) is 15.2. The molecule has 0 aliphatic rings. The lowest BCUT2D eigenvalue weighted by atomic mass is 10.2. The Kier molecular flexibility index (Phi) is 6.57. The van der Waals surface area contributed by atoms with Crippen LogP contribution >= 0.6 is 23.1 Å². The molecule has 0 aliphatic heterocycles. The Hall–Kier alpha value is -3.24. The molecule has 0 saturated heterocycles. The summed E-state index contributed by atoms with van der Waals surface area (Å²) in [4.78, 5) is 39.5. The number of nitrogens with one attached hydrogen (secondary N) is 2. The van der Waals surface area contributed by atoms with E-state index in [-0.39, 0.29) is 22.8 Å². The van der Waals surface area contributed by atoms with Gasteiger partial charge in [-0.2, -0.15) is 0 Å². The first-order valence-electron chi connectivity index (χ1n) is 8.45. The van der Waals surface area contributed by atoms with Crippen molar-refractivity contribution in [2.24, 2.45) is 0 Å². The van der Waals surface area contributed by atoms with Gasteiger partial charge < -0.3 is 10.6 Å². The third-order valence-electron chi connectivity index (χ3n) is 3.80. The largest absolute Gasteiger partial charge is 0.322 e. The number of carbonyl (C=O) groups excluding carboxylic acids is 2. The summed E-state index contributed by atoms with van der Waals surface area (Å²) in [6.45, 7) is 1.80. The fourth-order valence-electron chi connectivity index (χ4n) is 2.30. The number of thiazole rings is 1. The predicted octanol–water partition coefficient (Wildman–Crippen LogP) is 4.42. The number of hydrogen-bond donors (Lipinski definition) is 2. The van der Waals surface area contributed by atoms with Gasteiger partial charge in [0.1, 0.15) is 0 Å². The van der Waals surface area contributed by atoms with E-state index >= 15 is 0 Å². The maximum absolute atomic E-state index is 12.3. The van der Waals surface area contributed by atoms with Crippen LogP contribution in [0.3, 0.4) is 0 Å². The summed E-state index contributed by atoms with van der Waals surface area (Å²) >= 11 is 2.75. The Balaban J connectivity index is 1.56. The molecule has 3 aromatic rings. The number of anilines is 2. The van der Waals surface area contributed by atoms with E-state index in [1.54, 1.807) is 30.6 Å². The molecule has 148 valence electrons. The van der Waals surface area contributed by atoms with Crippen molar-refractivity contribution in [1.29, 1.82) is 0 Å². The van der Waals surface area contributed by atoms with Gasteiger partial charge in [0.05, 0.1) is 10.2 Å². The van der Waals surface area contributed by atoms with Gasteiger partial charge in [-0.25, -0.2) is 4.98 Å². The molecule has 3 rings (SSSR count). The zero-order valence-corrected chi connectivity index (χ0v) is 16.8. The monoisotopic (exact) mass is 428 g/mol. The van der Waals surface area contributed by atoms with E-state index in [9.17, 15) is 19.7 Å². The second kappa shape index (κ2) is 9.30. The number of carbonyl (C=O) groups is 2. The van der Waals surface area contributed by atoms with Crippen LogP contribution in [0.1, 0.15) is 17.3 Å². The van der Waals surface area contributed by atoms with Crippen molar-refractivity contribution in [2.45, 2.75) is 17.1 Å². The lowest BCUT2D eigenvalue weighted by Gasteiger charge is -2.11. The van der Waals surface area contributed by atoms with E-state index in [4.69, 9.17) is 0 Å². The molecule has 0 radical (unpaired) electrons. The molecule has 0 fully saturated rings. The predicted molar refractivity (Wildman–Crippen MR) is 114 cm³/mol. The lowest BCUT2D eigenvalue weighted by molar-refractivity contribution is -0.384. The highest BCUT2D eigenvalue weighted by molar-refractivity contribution is 8.00. The third-order valence-corrected chi connectivity index (χ3v) is 5.60. The van der Waals surface area contributed by atoms with Crippen LogP contribution in [0.25, 0.3) is 0 Å². The fraction of sp³-hybridized carbons (Fsp3) is 0.105. The minimum absolute atomic E-state index is 0.0732. The molecule has 0 saturated carbocycles. The number of aromatic nitrogens is 1. The summed E-state index contributed by atoms with van der Waals surface area (Å²) in [5.41, 5.74) is 0.829. The number of nitro benzene ring substituents is 1. The summed E-state index contributed by atoms with van der Waals surface area (Å²) in [5, 5.41) is 18.2. The lowest BCUT2D eigenvalue weighted by Crippen LogP contribution is -2.22. The minimum Gasteiger partial charge on any atom is -0.322 e. The fourth-order valence-corrected chi connectivity index (χ4v) is 3.70. The molecular formula is C19H16N4O4S2. The van der Waals surface area contributed by atoms with Gasteiger partial charge in [-0.3, -0.25) is 19.7 Å². The molecule has 0 bridgehead atoms. The van der Waals surface area contributed by atoms with E-state index in [1.165, 1.54) is 47.4 Å². The van der Waals surface area contributed by atoms with E-state index in [0.717, 1.165) is 4.90 Å². The standard InChI is InChI=1S/C19H16N4O4S2/c1-12(17(24)22-19-20-10-11-28-19)29-16-8-4-14(5-9-16)21-18(25)13-2-6-15(7-3-13)23(26)27/h2-12H,1H3,(H,21,25)(H,20,22,24). The molecule has 1 heterocycles. The number of thioether (sulfide) groups is 1. The Bertz CT molecular complexity index is 1010. The van der Waals surface area contributed by atoms with Gasteiger partial charge in [0.15, 0.2) is 5.13 Å². The first kappa shape index (κ1) is 20.5. The van der Waals surface area contributed by atoms with Crippen molar-refractivity contribution >= 4 is 51.4 Å². The average molecular weight is 428 g/mol. The molecule has 1 atom stereocenters. The third kappa shape index (κ3) is 5.62. The number of benzene rings is 2. The van der Waals surface area contributed by atoms with Crippen LogP contribution in [0.4, 0.5) is 16.5 Å². The molecule has 8 nitrogen and oxygen atoms in total. The molecule has 10 heteroatoms. The normalized spacial score (nSPS) is 11.5. The molecular weight excluding hydrogens is 412 g/mol. The summed E-state index contributed by atoms with van der Waals surface area (Å²) in [6, 6.07) is 12.5. The Morgan fingerprint density at radius 3 is 2.38 bits per heavy atom.